The van der Waals surface area contributed by atoms with Crippen molar-refractivity contribution in [2.45, 2.75) is 40.2 Å². The van der Waals surface area contributed by atoms with Gasteiger partial charge in [-0.3, -0.25) is 0 Å². The first-order valence-corrected chi connectivity index (χ1v) is 6.26. The van der Waals surface area contributed by atoms with Crippen LogP contribution in [0.2, 0.25) is 0 Å². The van der Waals surface area contributed by atoms with Gasteiger partial charge in [-0.15, -0.1) is 0 Å². The van der Waals surface area contributed by atoms with Crippen LogP contribution in [-0.4, -0.2) is 28.6 Å². The predicted octanol–water partition coefficient (Wildman–Crippen LogP) is 2.08. The third-order valence-electron chi connectivity index (χ3n) is 2.44. The van der Waals surface area contributed by atoms with Gasteiger partial charge in [0.05, 0.1) is 0 Å². The zero-order valence-electron chi connectivity index (χ0n) is 12.0. The van der Waals surface area contributed by atoms with Crippen molar-refractivity contribution >= 4 is 11.6 Å². The topological polar surface area (TPSA) is 75.9 Å². The first-order valence-electron chi connectivity index (χ1n) is 6.26. The Kier molecular flexibility index (Phi) is 4.51. The number of nitrogens with zero attached hydrogens (tertiary/aromatic N) is 2. The highest BCUT2D eigenvalue weighted by atomic mass is 15.1. The molecule has 1 heterocycles. The highest BCUT2D eigenvalue weighted by Crippen LogP contribution is 2.17. The molecule has 102 valence electrons. The molecule has 0 unspecified atom stereocenters. The standard InChI is InChI=1S/C13H25N5/c1-12(2,3)8-15-10-6-11(17-9-16-10)18-13(4,5)7-14/h6,9H,7-8,14H2,1-5H3,(H2,15,16,17,18). The van der Waals surface area contributed by atoms with Crippen LogP contribution in [-0.2, 0) is 0 Å². The lowest BCUT2D eigenvalue weighted by molar-refractivity contribution is 0.442. The van der Waals surface area contributed by atoms with Crippen LogP contribution in [0.3, 0.4) is 0 Å². The minimum absolute atomic E-state index is 0.171. The van der Waals surface area contributed by atoms with E-state index in [2.05, 4.69) is 41.4 Å². The van der Waals surface area contributed by atoms with E-state index in [1.54, 1.807) is 6.33 Å². The monoisotopic (exact) mass is 251 g/mol. The molecule has 0 fully saturated rings. The number of nitrogens with one attached hydrogen (secondary N) is 2. The summed E-state index contributed by atoms with van der Waals surface area (Å²) in [5.41, 5.74) is 5.73. The van der Waals surface area contributed by atoms with Crippen molar-refractivity contribution in [3.05, 3.63) is 12.4 Å². The molecule has 0 bridgehead atoms. The van der Waals surface area contributed by atoms with Gasteiger partial charge in [-0.1, -0.05) is 20.8 Å². The van der Waals surface area contributed by atoms with Gasteiger partial charge in [-0.25, -0.2) is 9.97 Å². The summed E-state index contributed by atoms with van der Waals surface area (Å²) in [5, 5.41) is 6.60. The van der Waals surface area contributed by atoms with E-state index in [0.717, 1.165) is 18.2 Å². The molecule has 0 aliphatic carbocycles. The highest BCUT2D eigenvalue weighted by Gasteiger charge is 2.16. The minimum atomic E-state index is -0.171. The lowest BCUT2D eigenvalue weighted by Crippen LogP contribution is -2.39. The Morgan fingerprint density at radius 3 is 2.28 bits per heavy atom. The zero-order chi connectivity index (χ0) is 13.8. The third-order valence-corrected chi connectivity index (χ3v) is 2.44. The summed E-state index contributed by atoms with van der Waals surface area (Å²) in [7, 11) is 0. The van der Waals surface area contributed by atoms with E-state index in [-0.39, 0.29) is 11.0 Å². The quantitative estimate of drug-likeness (QED) is 0.747. The molecule has 0 atom stereocenters. The molecule has 0 radical (unpaired) electrons. The maximum absolute atomic E-state index is 5.69. The van der Waals surface area contributed by atoms with E-state index in [1.165, 1.54) is 0 Å². The first-order chi connectivity index (χ1) is 8.22. The van der Waals surface area contributed by atoms with Gasteiger partial charge in [0.15, 0.2) is 0 Å². The Morgan fingerprint density at radius 1 is 1.11 bits per heavy atom. The molecule has 1 aromatic heterocycles. The van der Waals surface area contributed by atoms with Crippen molar-refractivity contribution in [3.63, 3.8) is 0 Å². The van der Waals surface area contributed by atoms with Crippen molar-refractivity contribution < 1.29 is 0 Å². The second kappa shape index (κ2) is 5.52. The molecule has 4 N–H and O–H groups in total. The van der Waals surface area contributed by atoms with Crippen LogP contribution in [0.1, 0.15) is 34.6 Å². The lowest BCUT2D eigenvalue weighted by atomic mass is 9.97. The molecule has 0 aliphatic rings. The van der Waals surface area contributed by atoms with Crippen LogP contribution in [0.15, 0.2) is 12.4 Å². The summed E-state index contributed by atoms with van der Waals surface area (Å²) >= 11 is 0. The summed E-state index contributed by atoms with van der Waals surface area (Å²) in [6.07, 6.45) is 1.56. The molecule has 0 spiro atoms. The van der Waals surface area contributed by atoms with E-state index < -0.39 is 0 Å². The van der Waals surface area contributed by atoms with Crippen LogP contribution in [0.25, 0.3) is 0 Å². The molecule has 5 heteroatoms. The van der Waals surface area contributed by atoms with Crippen molar-refractivity contribution in [2.75, 3.05) is 23.7 Å². The van der Waals surface area contributed by atoms with E-state index in [1.807, 2.05) is 19.9 Å². The fourth-order valence-electron chi connectivity index (χ4n) is 1.28. The van der Waals surface area contributed by atoms with Gasteiger partial charge in [0.1, 0.15) is 18.0 Å². The summed E-state index contributed by atoms with van der Waals surface area (Å²) < 4.78 is 0. The molecule has 0 amide bonds. The van der Waals surface area contributed by atoms with E-state index in [9.17, 15) is 0 Å². The maximum Gasteiger partial charge on any atom is 0.131 e. The Morgan fingerprint density at radius 2 is 1.72 bits per heavy atom. The zero-order valence-corrected chi connectivity index (χ0v) is 12.0. The van der Waals surface area contributed by atoms with Crippen molar-refractivity contribution in [2.24, 2.45) is 11.1 Å². The Labute approximate surface area is 110 Å². The largest absolute Gasteiger partial charge is 0.369 e. The molecule has 18 heavy (non-hydrogen) atoms. The molecule has 1 aromatic rings. The number of rotatable bonds is 5. The van der Waals surface area contributed by atoms with Crippen molar-refractivity contribution in [1.82, 2.24) is 9.97 Å². The molecule has 5 nitrogen and oxygen atoms in total. The maximum atomic E-state index is 5.69. The van der Waals surface area contributed by atoms with Gasteiger partial charge in [-0.05, 0) is 19.3 Å². The average molecular weight is 251 g/mol. The van der Waals surface area contributed by atoms with Gasteiger partial charge in [0, 0.05) is 24.7 Å². The molecule has 0 saturated heterocycles. The van der Waals surface area contributed by atoms with Crippen LogP contribution in [0.4, 0.5) is 11.6 Å². The molecule has 0 aliphatic heterocycles. The SMILES string of the molecule is CC(C)(C)CNc1cc(NC(C)(C)CN)ncn1. The fourth-order valence-corrected chi connectivity index (χ4v) is 1.28. The molecule has 1 rings (SSSR count). The van der Waals surface area contributed by atoms with Crippen LogP contribution < -0.4 is 16.4 Å². The number of hydrogen-bond acceptors (Lipinski definition) is 5. The average Bonchev–Trinajstić information content (AvgIpc) is 2.25. The molecule has 0 saturated carbocycles. The molecular weight excluding hydrogens is 226 g/mol. The number of aromatic nitrogens is 2. The highest BCUT2D eigenvalue weighted by molar-refractivity contribution is 5.47. The van der Waals surface area contributed by atoms with Crippen LogP contribution in [0.5, 0.6) is 0 Å². The van der Waals surface area contributed by atoms with Crippen LogP contribution >= 0.6 is 0 Å². The van der Waals surface area contributed by atoms with E-state index >= 15 is 0 Å². The minimum Gasteiger partial charge on any atom is -0.369 e. The normalized spacial score (nSPS) is 12.3. The van der Waals surface area contributed by atoms with Gasteiger partial charge in [0.25, 0.3) is 0 Å². The Bertz CT molecular complexity index is 381. The van der Waals surface area contributed by atoms with E-state index in [4.69, 9.17) is 5.73 Å². The second-order valence-electron chi connectivity index (χ2n) is 6.42. The van der Waals surface area contributed by atoms with Gasteiger partial charge < -0.3 is 16.4 Å². The number of anilines is 2. The number of hydrogen-bond donors (Lipinski definition) is 3. The first kappa shape index (κ1) is 14.7. The van der Waals surface area contributed by atoms with Gasteiger partial charge in [0.2, 0.25) is 0 Å². The molecule has 0 aromatic carbocycles. The smallest absolute Gasteiger partial charge is 0.131 e. The van der Waals surface area contributed by atoms with Gasteiger partial charge in [-0.2, -0.15) is 0 Å². The number of nitrogens with two attached hydrogens (primary N) is 1. The van der Waals surface area contributed by atoms with Gasteiger partial charge >= 0.3 is 0 Å². The predicted molar refractivity (Wildman–Crippen MR) is 76.7 cm³/mol. The summed E-state index contributed by atoms with van der Waals surface area (Å²) in [4.78, 5) is 8.40. The Balaban J connectivity index is 2.68. The third kappa shape index (κ3) is 5.31. The van der Waals surface area contributed by atoms with E-state index in [0.29, 0.717) is 6.54 Å². The van der Waals surface area contributed by atoms with Crippen molar-refractivity contribution in [3.8, 4) is 0 Å². The summed E-state index contributed by atoms with van der Waals surface area (Å²) in [5.74, 6) is 1.62. The lowest BCUT2D eigenvalue weighted by Gasteiger charge is -2.25. The Hall–Kier alpha value is -1.36. The van der Waals surface area contributed by atoms with Crippen LogP contribution in [0, 0.1) is 5.41 Å². The fraction of sp³-hybridized carbons (Fsp3) is 0.692. The second-order valence-corrected chi connectivity index (χ2v) is 6.42. The summed E-state index contributed by atoms with van der Waals surface area (Å²) in [6.45, 7) is 12.0. The van der Waals surface area contributed by atoms with Crippen molar-refractivity contribution in [1.29, 1.82) is 0 Å². The molecular formula is C13H25N5. The summed E-state index contributed by atoms with van der Waals surface area (Å²) in [6, 6.07) is 1.91.